The molecule has 0 fully saturated rings. The van der Waals surface area contributed by atoms with Crippen LogP contribution >= 0.6 is 0 Å². The minimum atomic E-state index is -0.415. The smallest absolute Gasteiger partial charge is 0.155 e. The molecule has 4 heterocycles. The van der Waals surface area contributed by atoms with E-state index in [-0.39, 0.29) is 5.78 Å². The molecule has 250 valence electrons. The molecule has 0 amide bonds. The lowest BCUT2D eigenvalue weighted by Gasteiger charge is -2.15. The number of hydrogen-bond acceptors (Lipinski definition) is 8. The Kier molecular flexibility index (Phi) is 14.1. The number of allylic oxidation sites excluding steroid dienone is 1. The Bertz CT molecular complexity index is 1620. The van der Waals surface area contributed by atoms with Gasteiger partial charge in [0.2, 0.25) is 0 Å². The van der Waals surface area contributed by atoms with Crippen molar-refractivity contribution in [3.8, 4) is 0 Å². The highest BCUT2D eigenvalue weighted by atomic mass is 16.3. The predicted octanol–water partition coefficient (Wildman–Crippen LogP) is 7.28. The number of aliphatic hydroxyl groups is 1. The zero-order valence-corrected chi connectivity index (χ0v) is 28.0. The largest absolute Gasteiger partial charge is 0.389 e. The van der Waals surface area contributed by atoms with Crippen LogP contribution in [0.15, 0.2) is 73.9 Å². The van der Waals surface area contributed by atoms with Crippen molar-refractivity contribution in [3.63, 3.8) is 0 Å². The number of rotatable bonds is 14. The number of carbonyl (C=O) groups is 1. The van der Waals surface area contributed by atoms with Crippen molar-refractivity contribution < 1.29 is 9.90 Å². The lowest BCUT2D eigenvalue weighted by molar-refractivity contribution is -0.114. The van der Waals surface area contributed by atoms with Crippen molar-refractivity contribution in [1.29, 1.82) is 0 Å². The van der Waals surface area contributed by atoms with Crippen LogP contribution in [0.3, 0.4) is 0 Å². The molecule has 1 atom stereocenters. The first-order valence-electron chi connectivity index (χ1n) is 17.6. The van der Waals surface area contributed by atoms with Gasteiger partial charge in [0.25, 0.3) is 0 Å². The number of carbonyl (C=O) groups excluding carboxylic acids is 1. The summed E-state index contributed by atoms with van der Waals surface area (Å²) in [5.41, 5.74) is 9.60. The van der Waals surface area contributed by atoms with Gasteiger partial charge in [-0.15, -0.1) is 0 Å². The second-order valence-corrected chi connectivity index (χ2v) is 12.8. The van der Waals surface area contributed by atoms with Crippen LogP contribution in [-0.2, 0) is 43.3 Å². The van der Waals surface area contributed by atoms with Crippen molar-refractivity contribution >= 4 is 17.9 Å². The first-order chi connectivity index (χ1) is 23.6. The maximum atomic E-state index is 11.9. The van der Waals surface area contributed by atoms with Crippen LogP contribution in [0.25, 0.3) is 12.2 Å². The molecule has 1 N–H and O–H groups in total. The number of aliphatic hydroxyl groups excluding tert-OH is 1. The first kappa shape index (κ1) is 34.9. The molecular formula is C40H48N6O2. The van der Waals surface area contributed by atoms with Gasteiger partial charge in [0.15, 0.2) is 5.78 Å². The normalized spacial score (nSPS) is 14.6. The lowest BCUT2D eigenvalue weighted by atomic mass is 9.95. The number of unbranched alkanes of at least 4 members (excludes halogenated alkanes) is 2. The molecule has 8 nitrogen and oxygen atoms in total. The molecule has 6 rings (SSSR count). The van der Waals surface area contributed by atoms with E-state index in [2.05, 4.69) is 44.2 Å². The van der Waals surface area contributed by atoms with E-state index in [0.29, 0.717) is 6.42 Å². The van der Waals surface area contributed by atoms with E-state index >= 15 is 0 Å². The van der Waals surface area contributed by atoms with Crippen LogP contribution in [-0.4, -0.2) is 46.9 Å². The molecule has 0 saturated carbocycles. The van der Waals surface area contributed by atoms with Gasteiger partial charge in [-0.05, 0) is 125 Å². The second-order valence-electron chi connectivity index (χ2n) is 12.8. The molecule has 48 heavy (non-hydrogen) atoms. The fourth-order valence-electron chi connectivity index (χ4n) is 6.18. The van der Waals surface area contributed by atoms with Gasteiger partial charge in [-0.2, -0.15) is 0 Å². The Labute approximate surface area is 285 Å². The van der Waals surface area contributed by atoms with E-state index in [4.69, 9.17) is 9.97 Å². The molecule has 8 heteroatoms. The van der Waals surface area contributed by atoms with Crippen LogP contribution in [0.2, 0.25) is 0 Å². The number of ketones is 1. The van der Waals surface area contributed by atoms with Gasteiger partial charge < -0.3 is 5.11 Å². The van der Waals surface area contributed by atoms with E-state index < -0.39 is 6.10 Å². The zero-order chi connectivity index (χ0) is 33.2. The van der Waals surface area contributed by atoms with Crippen LogP contribution in [0, 0.1) is 0 Å². The SMILES string of the molecule is O=C(/C=C/c1cncnc1)CCCCc1ccc2c(n1)CCCC2.O[C@@H](/C=C/c1cncnc1)CCCCc1ccc2c(n1)CCCC2. The predicted molar refractivity (Wildman–Crippen MR) is 190 cm³/mol. The van der Waals surface area contributed by atoms with E-state index in [1.165, 1.54) is 85.1 Å². The summed E-state index contributed by atoms with van der Waals surface area (Å²) in [6.45, 7) is 0. The molecule has 0 bridgehead atoms. The summed E-state index contributed by atoms with van der Waals surface area (Å²) < 4.78 is 0. The molecule has 4 aromatic heterocycles. The zero-order valence-electron chi connectivity index (χ0n) is 28.0. The summed E-state index contributed by atoms with van der Waals surface area (Å²) in [5, 5.41) is 10.0. The molecule has 0 aliphatic heterocycles. The Morgan fingerprint density at radius 3 is 1.77 bits per heavy atom. The summed E-state index contributed by atoms with van der Waals surface area (Å²) in [6, 6.07) is 8.83. The van der Waals surface area contributed by atoms with Gasteiger partial charge in [0.1, 0.15) is 12.7 Å². The van der Waals surface area contributed by atoms with Crippen molar-refractivity contribution in [1.82, 2.24) is 29.9 Å². The van der Waals surface area contributed by atoms with Crippen LogP contribution in [0.5, 0.6) is 0 Å². The van der Waals surface area contributed by atoms with E-state index in [0.717, 1.165) is 68.9 Å². The molecule has 0 radical (unpaired) electrons. The Hall–Kier alpha value is -4.43. The molecule has 2 aliphatic carbocycles. The summed E-state index contributed by atoms with van der Waals surface area (Å²) >= 11 is 0. The topological polar surface area (TPSA) is 115 Å². The summed E-state index contributed by atoms with van der Waals surface area (Å²) in [7, 11) is 0. The van der Waals surface area contributed by atoms with Gasteiger partial charge in [0, 0.05) is 65.1 Å². The fraction of sp³-hybridized carbons (Fsp3) is 0.425. The Morgan fingerprint density at radius 1 is 0.667 bits per heavy atom. The molecule has 0 spiro atoms. The van der Waals surface area contributed by atoms with Crippen LogP contribution in [0.1, 0.15) is 109 Å². The highest BCUT2D eigenvalue weighted by Crippen LogP contribution is 2.21. The third-order valence-corrected chi connectivity index (χ3v) is 8.89. The molecule has 0 unspecified atom stereocenters. The summed E-state index contributed by atoms with van der Waals surface area (Å²) in [5.74, 6) is 0.150. The lowest BCUT2D eigenvalue weighted by Crippen LogP contribution is -2.07. The maximum Gasteiger partial charge on any atom is 0.155 e. The highest BCUT2D eigenvalue weighted by molar-refractivity contribution is 5.93. The summed E-state index contributed by atoms with van der Waals surface area (Å²) in [6.07, 6.45) is 33.5. The number of aryl methyl sites for hydroxylation is 6. The van der Waals surface area contributed by atoms with Gasteiger partial charge in [0.05, 0.1) is 6.10 Å². The molecule has 0 saturated heterocycles. The van der Waals surface area contributed by atoms with E-state index in [9.17, 15) is 9.90 Å². The molecule has 2 aliphatic rings. The number of pyridine rings is 2. The second kappa shape index (κ2) is 19.4. The fourth-order valence-corrected chi connectivity index (χ4v) is 6.18. The number of fused-ring (bicyclic) bond motifs is 2. The standard InChI is InChI=1S/C20H25N3O.C20H23N3O/c2*24-19(12-9-16-13-21-15-22-14-16)7-3-2-6-18-11-10-17-5-1-4-8-20(17)23-18/h9-15,19,24H,1-8H2;9-15H,1-8H2/b2*12-9+/t19-;/m1./s1. The molecule has 0 aromatic carbocycles. The highest BCUT2D eigenvalue weighted by Gasteiger charge is 2.12. The third kappa shape index (κ3) is 12.0. The van der Waals surface area contributed by atoms with Crippen molar-refractivity contribution in [2.45, 2.75) is 109 Å². The van der Waals surface area contributed by atoms with Gasteiger partial charge >= 0.3 is 0 Å². The third-order valence-electron chi connectivity index (χ3n) is 8.89. The minimum Gasteiger partial charge on any atom is -0.389 e. The monoisotopic (exact) mass is 644 g/mol. The summed E-state index contributed by atoms with van der Waals surface area (Å²) in [4.78, 5) is 37.2. The van der Waals surface area contributed by atoms with Gasteiger partial charge in [-0.25, -0.2) is 19.9 Å². The van der Waals surface area contributed by atoms with Gasteiger partial charge in [-0.1, -0.05) is 30.7 Å². The van der Waals surface area contributed by atoms with Crippen molar-refractivity contribution in [2.24, 2.45) is 0 Å². The first-order valence-corrected chi connectivity index (χ1v) is 17.6. The van der Waals surface area contributed by atoms with Crippen LogP contribution in [0.4, 0.5) is 0 Å². The maximum absolute atomic E-state index is 11.9. The number of hydrogen-bond donors (Lipinski definition) is 1. The Balaban J connectivity index is 0.000000188. The minimum absolute atomic E-state index is 0.150. The van der Waals surface area contributed by atoms with Crippen molar-refractivity contribution in [3.05, 3.63) is 119 Å². The van der Waals surface area contributed by atoms with E-state index in [1.54, 1.807) is 36.9 Å². The average molecular weight is 645 g/mol. The quantitative estimate of drug-likeness (QED) is 0.113. The molecular weight excluding hydrogens is 596 g/mol. The Morgan fingerprint density at radius 2 is 1.19 bits per heavy atom. The van der Waals surface area contributed by atoms with Crippen LogP contribution < -0.4 is 0 Å². The van der Waals surface area contributed by atoms with Crippen molar-refractivity contribution in [2.75, 3.05) is 0 Å². The van der Waals surface area contributed by atoms with E-state index in [1.807, 2.05) is 12.2 Å². The molecule has 4 aromatic rings. The number of nitrogens with zero attached hydrogens (tertiary/aromatic N) is 6. The van der Waals surface area contributed by atoms with Gasteiger partial charge in [-0.3, -0.25) is 14.8 Å². The number of aromatic nitrogens is 6. The average Bonchev–Trinajstić information content (AvgIpc) is 3.14.